The Morgan fingerprint density at radius 2 is 1.97 bits per heavy atom. The van der Waals surface area contributed by atoms with Gasteiger partial charge in [0.05, 0.1) is 12.2 Å². The molecule has 0 bridgehead atoms. The Balaban J connectivity index is 1.45. The van der Waals surface area contributed by atoms with Crippen molar-refractivity contribution in [2.75, 3.05) is 11.5 Å². The Bertz CT molecular complexity index is 870. The van der Waals surface area contributed by atoms with E-state index in [2.05, 4.69) is 58.9 Å². The van der Waals surface area contributed by atoms with Crippen molar-refractivity contribution in [3.05, 3.63) is 59.2 Å². The van der Waals surface area contributed by atoms with Crippen LogP contribution in [-0.4, -0.2) is 56.8 Å². The quantitative estimate of drug-likeness (QED) is 0.335. The van der Waals surface area contributed by atoms with E-state index in [1.807, 2.05) is 34.9 Å². The minimum atomic E-state index is -0.536. The zero-order valence-corrected chi connectivity index (χ0v) is 22.3. The van der Waals surface area contributed by atoms with Gasteiger partial charge in [-0.15, -0.1) is 0 Å². The summed E-state index contributed by atoms with van der Waals surface area (Å²) >= 11 is 1.84. The molecular formula is C29H43NO3S. The predicted molar refractivity (Wildman–Crippen MR) is 143 cm³/mol. The van der Waals surface area contributed by atoms with E-state index >= 15 is 0 Å². The number of allylic oxidation sites excluding steroid dienone is 1. The molecule has 4 nitrogen and oxygen atoms in total. The molecule has 1 saturated carbocycles. The molecule has 1 fully saturated rings. The van der Waals surface area contributed by atoms with Crippen molar-refractivity contribution in [2.24, 2.45) is 17.8 Å². The van der Waals surface area contributed by atoms with E-state index in [0.717, 1.165) is 29.9 Å². The molecule has 0 saturated heterocycles. The summed E-state index contributed by atoms with van der Waals surface area (Å²) in [5, 5.41) is 21.1. The van der Waals surface area contributed by atoms with Gasteiger partial charge in [-0.3, -0.25) is 4.79 Å². The molecule has 0 aromatic heterocycles. The Labute approximate surface area is 210 Å². The molecule has 34 heavy (non-hydrogen) atoms. The number of amides is 1. The second-order valence-corrected chi connectivity index (χ2v) is 11.8. The molecule has 0 unspecified atom stereocenters. The summed E-state index contributed by atoms with van der Waals surface area (Å²) in [5.41, 5.74) is 3.78. The molecule has 1 aromatic carbocycles. The minimum absolute atomic E-state index is 0.100. The van der Waals surface area contributed by atoms with E-state index in [9.17, 15) is 15.0 Å². The molecule has 0 radical (unpaired) electrons. The highest BCUT2D eigenvalue weighted by Crippen LogP contribution is 2.47. The highest BCUT2D eigenvalue weighted by atomic mass is 32.2. The lowest BCUT2D eigenvalue weighted by atomic mass is 9.89. The van der Waals surface area contributed by atoms with Crippen LogP contribution in [0.3, 0.4) is 0 Å². The van der Waals surface area contributed by atoms with Crippen LogP contribution in [0.1, 0.15) is 58.1 Å². The van der Waals surface area contributed by atoms with E-state index < -0.39 is 6.10 Å². The molecule has 1 aromatic rings. The molecule has 2 aliphatic rings. The monoisotopic (exact) mass is 485 g/mol. The third kappa shape index (κ3) is 7.22. The number of carbonyl (C=O) groups is 1. The van der Waals surface area contributed by atoms with Gasteiger partial charge in [0.1, 0.15) is 0 Å². The van der Waals surface area contributed by atoms with Crippen LogP contribution in [0.5, 0.6) is 0 Å². The molecule has 5 atom stereocenters. The maximum atomic E-state index is 12.6. The van der Waals surface area contributed by atoms with Crippen LogP contribution in [0.25, 0.3) is 0 Å². The number of aliphatic hydroxyl groups excluding tert-OH is 2. The number of carbonyl (C=O) groups excluding carboxylic acids is 1. The molecule has 3 rings (SSSR count). The fourth-order valence-electron chi connectivity index (χ4n) is 5.78. The standard InChI is InChI=1S/C29H43NO3S/c1-19(2)30(20(3)4)29(33)11-12-34-18-23-14-24-17-28(32)26(27(24)16-23)10-9-25(31)15-22-8-6-7-21(5)13-22/h6-10,13-14,19-20,24-28,31-32H,11-12,15-18H2,1-5H3/t24-,25-,26+,27-,28+/m0/s1. The second-order valence-electron chi connectivity index (χ2n) is 10.7. The minimum Gasteiger partial charge on any atom is -0.392 e. The van der Waals surface area contributed by atoms with E-state index in [1.165, 1.54) is 11.1 Å². The fraction of sp³-hybridized carbons (Fsp3) is 0.621. The van der Waals surface area contributed by atoms with Gasteiger partial charge in [0, 0.05) is 42.3 Å². The SMILES string of the molecule is Cc1cccc(C[C@@H](O)C=C[C@@H]2[C@H]3CC(CSCCC(=O)N(C(C)C)C(C)C)=C[C@H]3C[C@H]2O)c1. The lowest BCUT2D eigenvalue weighted by molar-refractivity contribution is -0.134. The number of fused-ring (bicyclic) bond motifs is 1. The van der Waals surface area contributed by atoms with Crippen LogP contribution in [0.4, 0.5) is 0 Å². The third-order valence-electron chi connectivity index (χ3n) is 7.18. The number of aliphatic hydroxyl groups is 2. The normalized spacial score (nSPS) is 25.3. The van der Waals surface area contributed by atoms with Crippen LogP contribution in [0.15, 0.2) is 48.1 Å². The van der Waals surface area contributed by atoms with Crippen LogP contribution in [0, 0.1) is 24.7 Å². The Morgan fingerprint density at radius 1 is 1.24 bits per heavy atom. The van der Waals surface area contributed by atoms with Gasteiger partial charge in [-0.25, -0.2) is 0 Å². The van der Waals surface area contributed by atoms with E-state index in [-0.39, 0.29) is 30.0 Å². The zero-order chi connectivity index (χ0) is 24.8. The summed E-state index contributed by atoms with van der Waals surface area (Å²) < 4.78 is 0. The Kier molecular flexibility index (Phi) is 9.87. The van der Waals surface area contributed by atoms with Crippen molar-refractivity contribution in [2.45, 2.75) is 84.6 Å². The topological polar surface area (TPSA) is 60.8 Å². The number of hydrogen-bond donors (Lipinski definition) is 2. The third-order valence-corrected chi connectivity index (χ3v) is 8.25. The van der Waals surface area contributed by atoms with Gasteiger partial charge in [-0.2, -0.15) is 11.8 Å². The van der Waals surface area contributed by atoms with Crippen LogP contribution in [-0.2, 0) is 11.2 Å². The molecule has 5 heteroatoms. The molecular weight excluding hydrogens is 442 g/mol. The van der Waals surface area contributed by atoms with Gasteiger partial charge in [-0.1, -0.05) is 53.6 Å². The molecule has 2 N–H and O–H groups in total. The molecule has 0 heterocycles. The first-order chi connectivity index (χ1) is 16.2. The maximum absolute atomic E-state index is 12.6. The summed E-state index contributed by atoms with van der Waals surface area (Å²) in [6.07, 6.45) is 8.44. The van der Waals surface area contributed by atoms with Gasteiger partial charge >= 0.3 is 0 Å². The van der Waals surface area contributed by atoms with Crippen LogP contribution < -0.4 is 0 Å². The van der Waals surface area contributed by atoms with Gasteiger partial charge < -0.3 is 15.1 Å². The number of nitrogens with zero attached hydrogens (tertiary/aromatic N) is 1. The first-order valence-corrected chi connectivity index (χ1v) is 14.0. The van der Waals surface area contributed by atoms with Crippen molar-refractivity contribution >= 4 is 17.7 Å². The number of rotatable bonds is 11. The molecule has 0 aliphatic heterocycles. The maximum Gasteiger partial charge on any atom is 0.223 e. The fourth-order valence-corrected chi connectivity index (χ4v) is 6.72. The van der Waals surface area contributed by atoms with E-state index in [0.29, 0.717) is 24.7 Å². The van der Waals surface area contributed by atoms with Gasteiger partial charge in [-0.05, 0) is 64.9 Å². The van der Waals surface area contributed by atoms with Gasteiger partial charge in [0.2, 0.25) is 5.91 Å². The lowest BCUT2D eigenvalue weighted by Gasteiger charge is -2.30. The van der Waals surface area contributed by atoms with Gasteiger partial charge in [0.25, 0.3) is 0 Å². The number of thioether (sulfide) groups is 1. The van der Waals surface area contributed by atoms with E-state index in [4.69, 9.17) is 0 Å². The Morgan fingerprint density at radius 3 is 2.65 bits per heavy atom. The highest BCUT2D eigenvalue weighted by molar-refractivity contribution is 7.99. The Hall–Kier alpha value is -1.56. The average Bonchev–Trinajstić information content (AvgIpc) is 3.25. The highest BCUT2D eigenvalue weighted by Gasteiger charge is 2.43. The number of hydrogen-bond acceptors (Lipinski definition) is 4. The lowest BCUT2D eigenvalue weighted by Crippen LogP contribution is -2.42. The van der Waals surface area contributed by atoms with Crippen LogP contribution in [0.2, 0.25) is 0 Å². The van der Waals surface area contributed by atoms with Crippen LogP contribution >= 0.6 is 11.8 Å². The molecule has 0 spiro atoms. The zero-order valence-electron chi connectivity index (χ0n) is 21.5. The molecule has 2 aliphatic carbocycles. The summed E-state index contributed by atoms with van der Waals surface area (Å²) in [6.45, 7) is 10.4. The molecule has 1 amide bonds. The molecule has 188 valence electrons. The first kappa shape index (κ1) is 27.0. The van der Waals surface area contributed by atoms with Crippen molar-refractivity contribution in [3.63, 3.8) is 0 Å². The van der Waals surface area contributed by atoms with E-state index in [1.54, 1.807) is 0 Å². The predicted octanol–water partition coefficient (Wildman–Crippen LogP) is 5.17. The number of aryl methyl sites for hydroxylation is 1. The van der Waals surface area contributed by atoms with Gasteiger partial charge in [0.15, 0.2) is 0 Å². The average molecular weight is 486 g/mol. The smallest absolute Gasteiger partial charge is 0.223 e. The van der Waals surface area contributed by atoms with Crippen molar-refractivity contribution in [3.8, 4) is 0 Å². The summed E-state index contributed by atoms with van der Waals surface area (Å²) in [4.78, 5) is 14.5. The summed E-state index contributed by atoms with van der Waals surface area (Å²) in [5.74, 6) is 3.00. The first-order valence-electron chi connectivity index (χ1n) is 12.8. The second kappa shape index (κ2) is 12.4. The largest absolute Gasteiger partial charge is 0.392 e. The van der Waals surface area contributed by atoms with Crippen molar-refractivity contribution < 1.29 is 15.0 Å². The van der Waals surface area contributed by atoms with Crippen molar-refractivity contribution in [1.29, 1.82) is 0 Å². The summed E-state index contributed by atoms with van der Waals surface area (Å²) in [7, 11) is 0. The number of benzene rings is 1. The summed E-state index contributed by atoms with van der Waals surface area (Å²) in [6, 6.07) is 8.72. The van der Waals surface area contributed by atoms with Crippen molar-refractivity contribution in [1.82, 2.24) is 4.90 Å².